The number of hydrogen-bond acceptors (Lipinski definition) is 2. The number of imidazole rings is 1. The van der Waals surface area contributed by atoms with Gasteiger partial charge in [-0.1, -0.05) is 6.92 Å². The molecular formula is C12H13BrN2O. The molecule has 0 fully saturated rings. The van der Waals surface area contributed by atoms with E-state index in [1.165, 1.54) is 18.7 Å². The molecule has 4 heteroatoms. The van der Waals surface area contributed by atoms with E-state index in [1.54, 1.807) is 0 Å². The molecule has 3 heterocycles. The predicted octanol–water partition coefficient (Wildman–Crippen LogP) is 3.80. The summed E-state index contributed by atoms with van der Waals surface area (Å²) in [4.78, 5) is 4.66. The van der Waals surface area contributed by atoms with Crippen LogP contribution in [0.4, 0.5) is 0 Å². The van der Waals surface area contributed by atoms with Crippen molar-refractivity contribution in [2.24, 2.45) is 0 Å². The Kier molecular flexibility index (Phi) is 2.39. The first-order chi connectivity index (χ1) is 7.74. The highest BCUT2D eigenvalue weighted by molar-refractivity contribution is 9.10. The third kappa shape index (κ3) is 1.61. The van der Waals surface area contributed by atoms with Gasteiger partial charge in [-0.15, -0.1) is 0 Å². The molecule has 1 aliphatic heterocycles. The second-order valence-electron chi connectivity index (χ2n) is 4.32. The SMILES string of the molecule is CC1CCCn2cc(-c3ccc(Br)o3)nc21. The van der Waals surface area contributed by atoms with Crippen molar-refractivity contribution in [3.05, 3.63) is 28.8 Å². The van der Waals surface area contributed by atoms with Gasteiger partial charge in [-0.3, -0.25) is 0 Å². The van der Waals surface area contributed by atoms with Crippen LogP contribution in [0.15, 0.2) is 27.4 Å². The zero-order chi connectivity index (χ0) is 11.1. The van der Waals surface area contributed by atoms with Crippen molar-refractivity contribution >= 4 is 15.9 Å². The molecule has 0 radical (unpaired) electrons. The number of aromatic nitrogens is 2. The Morgan fingerprint density at radius 1 is 1.50 bits per heavy atom. The van der Waals surface area contributed by atoms with Crippen LogP contribution >= 0.6 is 15.9 Å². The smallest absolute Gasteiger partial charge is 0.169 e. The van der Waals surface area contributed by atoms with E-state index in [0.29, 0.717) is 5.92 Å². The van der Waals surface area contributed by atoms with Gasteiger partial charge in [-0.25, -0.2) is 4.98 Å². The van der Waals surface area contributed by atoms with Crippen LogP contribution in [0.5, 0.6) is 0 Å². The summed E-state index contributed by atoms with van der Waals surface area (Å²) in [7, 11) is 0. The van der Waals surface area contributed by atoms with Crippen LogP contribution in [0.3, 0.4) is 0 Å². The van der Waals surface area contributed by atoms with Crippen molar-refractivity contribution in [2.75, 3.05) is 0 Å². The summed E-state index contributed by atoms with van der Waals surface area (Å²) in [6, 6.07) is 3.85. The molecule has 0 aromatic carbocycles. The third-order valence-electron chi connectivity index (χ3n) is 3.11. The molecule has 84 valence electrons. The maximum atomic E-state index is 5.52. The van der Waals surface area contributed by atoms with Gasteiger partial charge in [0.1, 0.15) is 11.5 Å². The van der Waals surface area contributed by atoms with E-state index < -0.39 is 0 Å². The summed E-state index contributed by atoms with van der Waals surface area (Å²) in [6.45, 7) is 3.31. The maximum Gasteiger partial charge on any atom is 0.169 e. The highest BCUT2D eigenvalue weighted by atomic mass is 79.9. The molecule has 0 bridgehead atoms. The summed E-state index contributed by atoms with van der Waals surface area (Å²) in [5.74, 6) is 2.58. The molecule has 3 rings (SSSR count). The lowest BCUT2D eigenvalue weighted by atomic mass is 10.0. The van der Waals surface area contributed by atoms with E-state index in [4.69, 9.17) is 4.42 Å². The lowest BCUT2D eigenvalue weighted by Crippen LogP contribution is -2.12. The molecule has 0 saturated heterocycles. The quantitative estimate of drug-likeness (QED) is 0.796. The van der Waals surface area contributed by atoms with E-state index in [9.17, 15) is 0 Å². The number of halogens is 1. The Bertz CT molecular complexity index is 515. The molecule has 0 N–H and O–H groups in total. The molecule has 2 aromatic rings. The molecule has 0 amide bonds. The summed E-state index contributed by atoms with van der Waals surface area (Å²) in [5.41, 5.74) is 0.939. The van der Waals surface area contributed by atoms with Gasteiger partial charge >= 0.3 is 0 Å². The van der Waals surface area contributed by atoms with Gasteiger partial charge in [-0.05, 0) is 40.9 Å². The van der Waals surface area contributed by atoms with E-state index >= 15 is 0 Å². The Balaban J connectivity index is 2.04. The lowest BCUT2D eigenvalue weighted by molar-refractivity contribution is 0.463. The molecule has 0 spiro atoms. The van der Waals surface area contributed by atoms with Crippen molar-refractivity contribution in [3.8, 4) is 11.5 Å². The van der Waals surface area contributed by atoms with Crippen LogP contribution in [-0.4, -0.2) is 9.55 Å². The minimum absolute atomic E-state index is 0.556. The Labute approximate surface area is 103 Å². The van der Waals surface area contributed by atoms with Crippen LogP contribution in [0, 0.1) is 0 Å². The Hall–Kier alpha value is -1.03. The average molecular weight is 281 g/mol. The van der Waals surface area contributed by atoms with Gasteiger partial charge in [0.15, 0.2) is 10.4 Å². The van der Waals surface area contributed by atoms with Crippen LogP contribution in [0.2, 0.25) is 0 Å². The number of hydrogen-bond donors (Lipinski definition) is 0. The number of fused-ring (bicyclic) bond motifs is 1. The zero-order valence-electron chi connectivity index (χ0n) is 9.11. The van der Waals surface area contributed by atoms with E-state index in [2.05, 4.69) is 38.6 Å². The van der Waals surface area contributed by atoms with Crippen molar-refractivity contribution in [1.29, 1.82) is 0 Å². The summed E-state index contributed by atoms with van der Waals surface area (Å²) in [6.07, 6.45) is 4.57. The molecule has 2 aromatic heterocycles. The first-order valence-corrected chi connectivity index (χ1v) is 6.36. The third-order valence-corrected chi connectivity index (χ3v) is 3.54. The maximum absolute atomic E-state index is 5.52. The predicted molar refractivity (Wildman–Crippen MR) is 65.3 cm³/mol. The van der Waals surface area contributed by atoms with Crippen molar-refractivity contribution < 1.29 is 4.42 Å². The number of furan rings is 1. The molecule has 16 heavy (non-hydrogen) atoms. The molecule has 3 nitrogen and oxygen atoms in total. The zero-order valence-corrected chi connectivity index (χ0v) is 10.7. The standard InChI is InChI=1S/C12H13BrN2O/c1-8-3-2-6-15-7-9(14-12(8)15)10-4-5-11(13)16-10/h4-5,7-8H,2-3,6H2,1H3. The summed E-state index contributed by atoms with van der Waals surface area (Å²) >= 11 is 3.31. The minimum Gasteiger partial charge on any atom is -0.448 e. The van der Waals surface area contributed by atoms with Gasteiger partial charge in [-0.2, -0.15) is 0 Å². The van der Waals surface area contributed by atoms with Gasteiger partial charge in [0.05, 0.1) is 0 Å². The summed E-state index contributed by atoms with van der Waals surface area (Å²) < 4.78 is 8.52. The van der Waals surface area contributed by atoms with E-state index in [0.717, 1.165) is 22.7 Å². The highest BCUT2D eigenvalue weighted by Crippen LogP contribution is 2.30. The summed E-state index contributed by atoms with van der Waals surface area (Å²) in [5, 5.41) is 0. The Morgan fingerprint density at radius 2 is 2.38 bits per heavy atom. The fourth-order valence-electron chi connectivity index (χ4n) is 2.27. The van der Waals surface area contributed by atoms with Crippen LogP contribution in [0.25, 0.3) is 11.5 Å². The van der Waals surface area contributed by atoms with Crippen LogP contribution in [0.1, 0.15) is 31.5 Å². The second kappa shape index (κ2) is 3.77. The fourth-order valence-corrected chi connectivity index (χ4v) is 2.58. The normalized spacial score (nSPS) is 19.8. The minimum atomic E-state index is 0.556. The van der Waals surface area contributed by atoms with E-state index in [1.807, 2.05) is 12.1 Å². The molecule has 1 atom stereocenters. The molecule has 1 aliphatic rings. The molecular weight excluding hydrogens is 268 g/mol. The number of nitrogens with zero attached hydrogens (tertiary/aromatic N) is 2. The monoisotopic (exact) mass is 280 g/mol. The highest BCUT2D eigenvalue weighted by Gasteiger charge is 2.20. The van der Waals surface area contributed by atoms with Crippen molar-refractivity contribution in [1.82, 2.24) is 9.55 Å². The fraction of sp³-hybridized carbons (Fsp3) is 0.417. The lowest BCUT2D eigenvalue weighted by Gasteiger charge is -2.19. The van der Waals surface area contributed by atoms with Crippen LogP contribution < -0.4 is 0 Å². The topological polar surface area (TPSA) is 31.0 Å². The van der Waals surface area contributed by atoms with Crippen molar-refractivity contribution in [2.45, 2.75) is 32.2 Å². The first-order valence-electron chi connectivity index (χ1n) is 5.57. The molecule has 0 aliphatic carbocycles. The number of aryl methyl sites for hydroxylation is 1. The molecule has 0 saturated carbocycles. The van der Waals surface area contributed by atoms with Gasteiger partial charge in [0.2, 0.25) is 0 Å². The van der Waals surface area contributed by atoms with Gasteiger partial charge in [0.25, 0.3) is 0 Å². The first kappa shape index (κ1) is 10.1. The van der Waals surface area contributed by atoms with E-state index in [-0.39, 0.29) is 0 Å². The largest absolute Gasteiger partial charge is 0.448 e. The average Bonchev–Trinajstić information content (AvgIpc) is 2.84. The number of rotatable bonds is 1. The van der Waals surface area contributed by atoms with Gasteiger partial charge < -0.3 is 8.98 Å². The van der Waals surface area contributed by atoms with Gasteiger partial charge in [0, 0.05) is 18.7 Å². The second-order valence-corrected chi connectivity index (χ2v) is 5.11. The molecule has 1 unspecified atom stereocenters. The van der Waals surface area contributed by atoms with Crippen molar-refractivity contribution in [3.63, 3.8) is 0 Å². The van der Waals surface area contributed by atoms with Crippen LogP contribution in [-0.2, 0) is 6.54 Å². The Morgan fingerprint density at radius 3 is 3.06 bits per heavy atom.